The molecule has 0 unspecified atom stereocenters. The van der Waals surface area contributed by atoms with E-state index < -0.39 is 0 Å². The van der Waals surface area contributed by atoms with Gasteiger partial charge in [-0.15, -0.1) is 10.2 Å². The Kier molecular flexibility index (Phi) is 7.20. The van der Waals surface area contributed by atoms with Crippen molar-refractivity contribution in [3.63, 3.8) is 0 Å². The number of thioether (sulfide) groups is 1. The molecule has 2 aromatic rings. The zero-order valence-electron chi connectivity index (χ0n) is 16.9. The van der Waals surface area contributed by atoms with Gasteiger partial charge in [0.15, 0.2) is 5.16 Å². The molecule has 0 N–H and O–H groups in total. The van der Waals surface area contributed by atoms with Crippen LogP contribution in [0.25, 0.3) is 0 Å². The number of hydrogen-bond donors (Lipinski definition) is 0. The highest BCUT2D eigenvalue weighted by molar-refractivity contribution is 7.99. The lowest BCUT2D eigenvalue weighted by Gasteiger charge is -2.32. The summed E-state index contributed by atoms with van der Waals surface area (Å²) in [5.41, 5.74) is 1.18. The van der Waals surface area contributed by atoms with Crippen molar-refractivity contribution in [3.8, 4) is 0 Å². The fraction of sp³-hybridized carbons (Fsp3) is 0.684. The number of rotatable bonds is 8. The standard InChI is InChI=1S/C19H31N7S/c1-5-9-27-19-20-10-15(11-21-19)12-26-8-6-7-16(13-26)18-23-22-17(25(18)4)14-24(2)3/h10-11,16H,5-9,12-14H2,1-4H3/t16-/m1/s1. The first-order valence-electron chi connectivity index (χ1n) is 9.75. The molecular formula is C19H31N7S. The molecule has 0 saturated carbocycles. The van der Waals surface area contributed by atoms with Gasteiger partial charge in [-0.3, -0.25) is 4.90 Å². The highest BCUT2D eigenvalue weighted by atomic mass is 32.2. The van der Waals surface area contributed by atoms with Crippen molar-refractivity contribution in [1.82, 2.24) is 34.5 Å². The summed E-state index contributed by atoms with van der Waals surface area (Å²) in [6, 6.07) is 0. The van der Waals surface area contributed by atoms with Crippen LogP contribution in [0.3, 0.4) is 0 Å². The second-order valence-corrected chi connectivity index (χ2v) is 8.63. The molecule has 1 fully saturated rings. The van der Waals surface area contributed by atoms with Gasteiger partial charge in [-0.1, -0.05) is 18.7 Å². The number of piperidine rings is 1. The molecule has 1 aliphatic rings. The zero-order valence-corrected chi connectivity index (χ0v) is 17.7. The highest BCUT2D eigenvalue weighted by Crippen LogP contribution is 2.27. The Labute approximate surface area is 166 Å². The Morgan fingerprint density at radius 1 is 1.22 bits per heavy atom. The summed E-state index contributed by atoms with van der Waals surface area (Å²) in [4.78, 5) is 13.6. The molecule has 148 valence electrons. The van der Waals surface area contributed by atoms with Crippen LogP contribution in [0.15, 0.2) is 17.6 Å². The average molecular weight is 390 g/mol. The molecule has 27 heavy (non-hydrogen) atoms. The molecule has 0 radical (unpaired) electrons. The smallest absolute Gasteiger partial charge is 0.187 e. The average Bonchev–Trinajstić information content (AvgIpc) is 3.01. The molecule has 7 nitrogen and oxygen atoms in total. The molecule has 1 saturated heterocycles. The molecule has 0 aromatic carbocycles. The van der Waals surface area contributed by atoms with Crippen molar-refractivity contribution in [2.75, 3.05) is 32.9 Å². The van der Waals surface area contributed by atoms with Gasteiger partial charge < -0.3 is 9.47 Å². The molecule has 0 spiro atoms. The van der Waals surface area contributed by atoms with E-state index in [0.717, 1.165) is 55.2 Å². The Hall–Kier alpha value is -1.51. The maximum Gasteiger partial charge on any atom is 0.187 e. The van der Waals surface area contributed by atoms with Gasteiger partial charge in [-0.25, -0.2) is 9.97 Å². The molecule has 2 aromatic heterocycles. The van der Waals surface area contributed by atoms with E-state index in [4.69, 9.17) is 0 Å². The lowest BCUT2D eigenvalue weighted by molar-refractivity contribution is 0.194. The van der Waals surface area contributed by atoms with Gasteiger partial charge in [0.05, 0.1) is 6.54 Å². The summed E-state index contributed by atoms with van der Waals surface area (Å²) in [7, 11) is 6.21. The first-order valence-corrected chi connectivity index (χ1v) is 10.7. The lowest BCUT2D eigenvalue weighted by Crippen LogP contribution is -2.35. The summed E-state index contributed by atoms with van der Waals surface area (Å²) in [5, 5.41) is 9.79. The van der Waals surface area contributed by atoms with Crippen molar-refractivity contribution >= 4 is 11.8 Å². The van der Waals surface area contributed by atoms with E-state index in [1.54, 1.807) is 11.8 Å². The van der Waals surface area contributed by atoms with Crippen molar-refractivity contribution in [2.45, 2.75) is 50.4 Å². The van der Waals surface area contributed by atoms with Crippen LogP contribution < -0.4 is 0 Å². The Morgan fingerprint density at radius 2 is 2.00 bits per heavy atom. The SMILES string of the molecule is CCCSc1ncc(CN2CCC[C@@H](c3nnc(CN(C)C)n3C)C2)cn1. The molecule has 0 amide bonds. The normalized spacial score (nSPS) is 18.3. The second-order valence-electron chi connectivity index (χ2n) is 7.57. The van der Waals surface area contributed by atoms with E-state index in [2.05, 4.69) is 62.6 Å². The van der Waals surface area contributed by atoms with Gasteiger partial charge in [0.2, 0.25) is 0 Å². The predicted octanol–water partition coefficient (Wildman–Crippen LogP) is 2.55. The van der Waals surface area contributed by atoms with Crippen LogP contribution in [0, 0.1) is 0 Å². The summed E-state index contributed by atoms with van der Waals surface area (Å²) < 4.78 is 2.18. The van der Waals surface area contributed by atoms with Crippen LogP contribution in [0.1, 0.15) is 49.3 Å². The van der Waals surface area contributed by atoms with Gasteiger partial charge in [0.1, 0.15) is 11.6 Å². The molecule has 8 heteroatoms. The number of hydrogen-bond acceptors (Lipinski definition) is 7. The van der Waals surface area contributed by atoms with E-state index in [9.17, 15) is 0 Å². The first kappa shape index (κ1) is 20.2. The predicted molar refractivity (Wildman–Crippen MR) is 109 cm³/mol. The van der Waals surface area contributed by atoms with Crippen LogP contribution >= 0.6 is 11.8 Å². The monoisotopic (exact) mass is 389 g/mol. The van der Waals surface area contributed by atoms with Crippen LogP contribution in [-0.2, 0) is 20.1 Å². The lowest BCUT2D eigenvalue weighted by atomic mass is 9.97. The number of aromatic nitrogens is 5. The minimum atomic E-state index is 0.437. The Balaban J connectivity index is 1.60. The van der Waals surface area contributed by atoms with E-state index in [0.29, 0.717) is 5.92 Å². The third-order valence-electron chi connectivity index (χ3n) is 4.85. The van der Waals surface area contributed by atoms with Crippen molar-refractivity contribution in [1.29, 1.82) is 0 Å². The van der Waals surface area contributed by atoms with Gasteiger partial charge in [-0.05, 0) is 39.9 Å². The molecule has 1 atom stereocenters. The van der Waals surface area contributed by atoms with E-state index >= 15 is 0 Å². The summed E-state index contributed by atoms with van der Waals surface area (Å²) in [6.07, 6.45) is 7.46. The van der Waals surface area contributed by atoms with Crippen molar-refractivity contribution in [3.05, 3.63) is 29.6 Å². The number of nitrogens with zero attached hydrogens (tertiary/aromatic N) is 7. The summed E-state index contributed by atoms with van der Waals surface area (Å²) in [5.74, 6) is 3.65. The maximum atomic E-state index is 4.51. The summed E-state index contributed by atoms with van der Waals surface area (Å²) in [6.45, 7) is 6.03. The second kappa shape index (κ2) is 9.61. The minimum absolute atomic E-state index is 0.437. The van der Waals surface area contributed by atoms with Gasteiger partial charge in [-0.2, -0.15) is 0 Å². The van der Waals surface area contributed by atoms with Gasteiger partial charge >= 0.3 is 0 Å². The largest absolute Gasteiger partial charge is 0.317 e. The van der Waals surface area contributed by atoms with E-state index in [1.165, 1.54) is 18.4 Å². The molecule has 0 aliphatic carbocycles. The molecule has 3 heterocycles. The fourth-order valence-electron chi connectivity index (χ4n) is 3.51. The number of likely N-dealkylation sites (tertiary alicyclic amines) is 1. The van der Waals surface area contributed by atoms with Gasteiger partial charge in [0.25, 0.3) is 0 Å². The molecular weight excluding hydrogens is 358 g/mol. The Bertz CT molecular complexity index is 713. The first-order chi connectivity index (χ1) is 13.1. The maximum absolute atomic E-state index is 4.51. The molecule has 0 bridgehead atoms. The summed E-state index contributed by atoms with van der Waals surface area (Å²) >= 11 is 1.72. The minimum Gasteiger partial charge on any atom is -0.317 e. The highest BCUT2D eigenvalue weighted by Gasteiger charge is 2.26. The topological polar surface area (TPSA) is 63.0 Å². The van der Waals surface area contributed by atoms with Crippen molar-refractivity contribution < 1.29 is 0 Å². The van der Waals surface area contributed by atoms with E-state index in [-0.39, 0.29) is 0 Å². The molecule has 1 aliphatic heterocycles. The van der Waals surface area contributed by atoms with Gasteiger partial charge in [0, 0.05) is 49.8 Å². The van der Waals surface area contributed by atoms with Crippen LogP contribution in [0.5, 0.6) is 0 Å². The third-order valence-corrected chi connectivity index (χ3v) is 5.93. The molecule has 3 rings (SSSR count). The zero-order chi connectivity index (χ0) is 19.2. The third kappa shape index (κ3) is 5.49. The van der Waals surface area contributed by atoms with Crippen LogP contribution in [0.2, 0.25) is 0 Å². The quantitative estimate of drug-likeness (QED) is 0.508. The van der Waals surface area contributed by atoms with Crippen LogP contribution in [0.4, 0.5) is 0 Å². The van der Waals surface area contributed by atoms with E-state index in [1.807, 2.05) is 12.4 Å². The Morgan fingerprint density at radius 3 is 2.70 bits per heavy atom. The van der Waals surface area contributed by atoms with Crippen molar-refractivity contribution in [2.24, 2.45) is 7.05 Å². The fourth-order valence-corrected chi connectivity index (χ4v) is 4.15. The van der Waals surface area contributed by atoms with Crippen LogP contribution in [-0.4, -0.2) is 67.5 Å².